The predicted molar refractivity (Wildman–Crippen MR) is 122 cm³/mol. The molecular formula is C25H23N5O2. The van der Waals surface area contributed by atoms with Gasteiger partial charge in [0.2, 0.25) is 11.9 Å². The zero-order chi connectivity index (χ0) is 21.9. The van der Waals surface area contributed by atoms with Crippen molar-refractivity contribution >= 4 is 28.8 Å². The minimum Gasteiger partial charge on any atom is -0.356 e. The van der Waals surface area contributed by atoms with Crippen molar-refractivity contribution in [2.45, 2.75) is 25.4 Å². The molecule has 2 aromatic carbocycles. The molecule has 32 heavy (non-hydrogen) atoms. The highest BCUT2D eigenvalue weighted by Gasteiger charge is 2.40. The minimum atomic E-state index is -0.620. The van der Waals surface area contributed by atoms with Crippen LogP contribution in [0.5, 0.6) is 0 Å². The number of benzene rings is 2. The number of rotatable bonds is 7. The molecule has 0 saturated heterocycles. The van der Waals surface area contributed by atoms with E-state index in [1.807, 2.05) is 71.3 Å². The summed E-state index contributed by atoms with van der Waals surface area (Å²) >= 11 is 0. The second-order valence-electron chi connectivity index (χ2n) is 7.86. The summed E-state index contributed by atoms with van der Waals surface area (Å²) in [5.74, 6) is 0.300. The number of aromatic nitrogens is 3. The highest BCUT2D eigenvalue weighted by molar-refractivity contribution is 6.03. The van der Waals surface area contributed by atoms with Crippen LogP contribution in [-0.2, 0) is 22.6 Å². The predicted octanol–water partition coefficient (Wildman–Crippen LogP) is 3.27. The first-order valence-corrected chi connectivity index (χ1v) is 10.7. The Bertz CT molecular complexity index is 1250. The second-order valence-corrected chi connectivity index (χ2v) is 7.86. The number of fused-ring (bicyclic) bond motifs is 3. The summed E-state index contributed by atoms with van der Waals surface area (Å²) in [6.07, 6.45) is 4.26. The number of imidazole rings is 1. The average Bonchev–Trinajstić information content (AvgIpc) is 3.31. The maximum atomic E-state index is 13.4. The van der Waals surface area contributed by atoms with E-state index in [4.69, 9.17) is 4.98 Å². The highest BCUT2D eigenvalue weighted by atomic mass is 16.2. The van der Waals surface area contributed by atoms with Gasteiger partial charge < -0.3 is 5.32 Å². The molecule has 0 unspecified atom stereocenters. The van der Waals surface area contributed by atoms with Crippen LogP contribution in [0.1, 0.15) is 23.6 Å². The molecule has 1 N–H and O–H groups in total. The lowest BCUT2D eigenvalue weighted by molar-refractivity contribution is -0.127. The van der Waals surface area contributed by atoms with Crippen LogP contribution in [0.3, 0.4) is 0 Å². The Hall–Kier alpha value is -4.00. The number of carbonyl (C=O) groups is 2. The van der Waals surface area contributed by atoms with Gasteiger partial charge in [-0.15, -0.1) is 0 Å². The molecule has 7 heteroatoms. The summed E-state index contributed by atoms with van der Waals surface area (Å²) in [5.41, 5.74) is 3.73. The van der Waals surface area contributed by atoms with Gasteiger partial charge in [-0.2, -0.15) is 0 Å². The zero-order valence-corrected chi connectivity index (χ0v) is 17.5. The van der Waals surface area contributed by atoms with Crippen LogP contribution in [0.2, 0.25) is 0 Å². The number of amides is 2. The molecule has 0 bridgehead atoms. The van der Waals surface area contributed by atoms with Crippen LogP contribution in [-0.4, -0.2) is 32.9 Å². The number of pyridine rings is 1. The highest BCUT2D eigenvalue weighted by Crippen LogP contribution is 2.37. The maximum Gasteiger partial charge on any atom is 0.253 e. The number of nitrogens with one attached hydrogen (secondary N) is 1. The van der Waals surface area contributed by atoms with Gasteiger partial charge in [-0.25, -0.2) is 4.98 Å². The van der Waals surface area contributed by atoms with Crippen molar-refractivity contribution in [1.82, 2.24) is 19.9 Å². The molecule has 3 heterocycles. The lowest BCUT2D eigenvalue weighted by Crippen LogP contribution is -2.33. The van der Waals surface area contributed by atoms with E-state index in [2.05, 4.69) is 10.3 Å². The van der Waals surface area contributed by atoms with Gasteiger partial charge >= 0.3 is 0 Å². The van der Waals surface area contributed by atoms with E-state index in [9.17, 15) is 9.59 Å². The lowest BCUT2D eigenvalue weighted by Gasteiger charge is -2.16. The number of carbonyl (C=O) groups excluding carboxylic acids is 2. The van der Waals surface area contributed by atoms with Gasteiger partial charge in [-0.1, -0.05) is 48.5 Å². The first-order valence-electron chi connectivity index (χ1n) is 10.7. The van der Waals surface area contributed by atoms with Crippen LogP contribution in [0.4, 0.5) is 5.95 Å². The fraction of sp³-hybridized carbons (Fsp3) is 0.200. The molecule has 4 aromatic rings. The number of hydrogen-bond donors (Lipinski definition) is 1. The van der Waals surface area contributed by atoms with Crippen molar-refractivity contribution in [3.05, 3.63) is 90.3 Å². The molecule has 0 aliphatic carbocycles. The number of nitrogens with zero attached hydrogens (tertiary/aromatic N) is 4. The Morgan fingerprint density at radius 1 is 0.969 bits per heavy atom. The molecule has 0 radical (unpaired) electrons. The molecule has 1 aliphatic rings. The third kappa shape index (κ3) is 3.85. The number of anilines is 1. The number of para-hydroxylation sites is 2. The van der Waals surface area contributed by atoms with Crippen molar-refractivity contribution in [2.75, 3.05) is 11.4 Å². The van der Waals surface area contributed by atoms with Crippen molar-refractivity contribution < 1.29 is 9.59 Å². The van der Waals surface area contributed by atoms with Crippen molar-refractivity contribution in [3.63, 3.8) is 0 Å². The van der Waals surface area contributed by atoms with Gasteiger partial charge in [0.05, 0.1) is 24.0 Å². The van der Waals surface area contributed by atoms with Crippen molar-refractivity contribution in [3.8, 4) is 0 Å². The van der Waals surface area contributed by atoms with E-state index in [0.29, 0.717) is 19.0 Å². The van der Waals surface area contributed by atoms with Crippen LogP contribution in [0.15, 0.2) is 79.1 Å². The van der Waals surface area contributed by atoms with Gasteiger partial charge in [-0.3, -0.25) is 24.0 Å². The van der Waals surface area contributed by atoms with Crippen molar-refractivity contribution in [2.24, 2.45) is 0 Å². The molecule has 0 saturated carbocycles. The summed E-state index contributed by atoms with van der Waals surface area (Å²) in [6.45, 7) is 0.892. The Morgan fingerprint density at radius 3 is 2.56 bits per heavy atom. The first-order chi connectivity index (χ1) is 15.7. The summed E-state index contributed by atoms with van der Waals surface area (Å²) < 4.78 is 1.89. The average molecular weight is 425 g/mol. The van der Waals surface area contributed by atoms with E-state index in [0.717, 1.165) is 28.6 Å². The van der Waals surface area contributed by atoms with Crippen LogP contribution in [0.25, 0.3) is 11.0 Å². The topological polar surface area (TPSA) is 80.1 Å². The van der Waals surface area contributed by atoms with Gasteiger partial charge in [0.1, 0.15) is 6.04 Å². The summed E-state index contributed by atoms with van der Waals surface area (Å²) in [6, 6.07) is 20.9. The zero-order valence-electron chi connectivity index (χ0n) is 17.5. The summed E-state index contributed by atoms with van der Waals surface area (Å²) in [5, 5.41) is 2.96. The molecule has 1 atom stereocenters. The van der Waals surface area contributed by atoms with E-state index in [-0.39, 0.29) is 18.2 Å². The largest absolute Gasteiger partial charge is 0.356 e. The molecule has 2 amide bonds. The Morgan fingerprint density at radius 2 is 1.75 bits per heavy atom. The third-order valence-corrected chi connectivity index (χ3v) is 5.70. The Kier molecular flexibility index (Phi) is 5.37. The fourth-order valence-corrected chi connectivity index (χ4v) is 4.16. The molecule has 5 rings (SSSR count). The number of hydrogen-bond acceptors (Lipinski definition) is 4. The molecule has 0 spiro atoms. The molecule has 160 valence electrons. The first kappa shape index (κ1) is 19.9. The van der Waals surface area contributed by atoms with E-state index < -0.39 is 6.04 Å². The molecule has 1 aliphatic heterocycles. The molecule has 7 nitrogen and oxygen atoms in total. The third-order valence-electron chi connectivity index (χ3n) is 5.70. The molecule has 0 fully saturated rings. The summed E-state index contributed by atoms with van der Waals surface area (Å²) in [4.78, 5) is 36.6. The van der Waals surface area contributed by atoms with Gasteiger partial charge in [0, 0.05) is 18.9 Å². The van der Waals surface area contributed by atoms with Crippen LogP contribution < -0.4 is 10.2 Å². The van der Waals surface area contributed by atoms with E-state index in [1.54, 1.807) is 17.3 Å². The monoisotopic (exact) mass is 425 g/mol. The maximum absolute atomic E-state index is 13.4. The van der Waals surface area contributed by atoms with Crippen molar-refractivity contribution in [1.29, 1.82) is 0 Å². The normalized spacial score (nSPS) is 15.2. The Balaban J connectivity index is 1.36. The second kappa shape index (κ2) is 8.63. The SMILES string of the molecule is O=C(C[C@@H]1C(=O)N(Cc2cccnc2)c2nc3ccccc3n21)NCCc1ccccc1. The van der Waals surface area contributed by atoms with Gasteiger partial charge in [-0.05, 0) is 35.7 Å². The summed E-state index contributed by atoms with van der Waals surface area (Å²) in [7, 11) is 0. The Labute approximate surface area is 185 Å². The van der Waals surface area contributed by atoms with Crippen LogP contribution in [0, 0.1) is 0 Å². The fourth-order valence-electron chi connectivity index (χ4n) is 4.16. The van der Waals surface area contributed by atoms with Gasteiger partial charge in [0.15, 0.2) is 0 Å². The van der Waals surface area contributed by atoms with E-state index in [1.165, 1.54) is 0 Å². The van der Waals surface area contributed by atoms with Crippen LogP contribution >= 0.6 is 0 Å². The molecular weight excluding hydrogens is 402 g/mol. The standard InChI is InChI=1S/C25H23N5O2/c31-23(27-14-12-18-7-2-1-3-8-18)15-22-24(32)29(17-19-9-6-13-26-16-19)25-28-20-10-4-5-11-21(20)30(22)25/h1-11,13,16,22H,12,14-15,17H2,(H,27,31)/t22-/m1/s1. The minimum absolute atomic E-state index is 0.0739. The van der Waals surface area contributed by atoms with E-state index >= 15 is 0 Å². The smallest absolute Gasteiger partial charge is 0.253 e. The molecule has 2 aromatic heterocycles. The lowest BCUT2D eigenvalue weighted by atomic mass is 10.1. The quantitative estimate of drug-likeness (QED) is 0.493. The van der Waals surface area contributed by atoms with Gasteiger partial charge in [0.25, 0.3) is 5.91 Å².